The Bertz CT molecular complexity index is 547. The first-order valence-corrected chi connectivity index (χ1v) is 8.00. The van der Waals surface area contributed by atoms with E-state index in [1.807, 2.05) is 24.3 Å². The van der Waals surface area contributed by atoms with Crippen LogP contribution < -0.4 is 0 Å². The molecule has 1 aromatic heterocycles. The van der Waals surface area contributed by atoms with E-state index in [0.717, 1.165) is 22.1 Å². The molecule has 0 bridgehead atoms. The van der Waals surface area contributed by atoms with Crippen LogP contribution in [0.25, 0.3) is 10.6 Å². The summed E-state index contributed by atoms with van der Waals surface area (Å²) in [7, 11) is 0. The van der Waals surface area contributed by atoms with Crippen molar-refractivity contribution in [3.05, 3.63) is 40.4 Å². The number of aromatic nitrogens is 1. The minimum Gasteiger partial charge on any atom is -0.297 e. The Morgan fingerprint density at radius 2 is 1.95 bits per heavy atom. The van der Waals surface area contributed by atoms with Gasteiger partial charge in [-0.05, 0) is 32.0 Å². The van der Waals surface area contributed by atoms with E-state index in [1.54, 1.807) is 11.3 Å². The van der Waals surface area contributed by atoms with Crippen LogP contribution >= 0.6 is 22.9 Å². The van der Waals surface area contributed by atoms with E-state index in [4.69, 9.17) is 16.6 Å². The SMILES string of the molecule is Clc1ccccc1-c1nc(CN2CCCCC2)cs1. The van der Waals surface area contributed by atoms with E-state index in [0.29, 0.717) is 0 Å². The molecule has 0 atom stereocenters. The zero-order valence-corrected chi connectivity index (χ0v) is 12.4. The molecule has 2 nitrogen and oxygen atoms in total. The van der Waals surface area contributed by atoms with Gasteiger partial charge in [-0.3, -0.25) is 4.90 Å². The molecule has 1 aliphatic heterocycles. The third-order valence-corrected chi connectivity index (χ3v) is 4.74. The molecule has 0 spiro atoms. The van der Waals surface area contributed by atoms with Crippen LogP contribution in [-0.4, -0.2) is 23.0 Å². The van der Waals surface area contributed by atoms with Crippen molar-refractivity contribution in [2.75, 3.05) is 13.1 Å². The molecule has 0 unspecified atom stereocenters. The minimum absolute atomic E-state index is 0.779. The van der Waals surface area contributed by atoms with Gasteiger partial charge in [-0.25, -0.2) is 4.98 Å². The Morgan fingerprint density at radius 3 is 2.74 bits per heavy atom. The normalized spacial score (nSPS) is 16.7. The monoisotopic (exact) mass is 292 g/mol. The number of piperidine rings is 1. The topological polar surface area (TPSA) is 16.1 Å². The average Bonchev–Trinajstić information content (AvgIpc) is 2.89. The van der Waals surface area contributed by atoms with Gasteiger partial charge in [0, 0.05) is 17.5 Å². The fourth-order valence-corrected chi connectivity index (χ4v) is 3.62. The average molecular weight is 293 g/mol. The van der Waals surface area contributed by atoms with E-state index >= 15 is 0 Å². The molecule has 1 aromatic carbocycles. The van der Waals surface area contributed by atoms with E-state index in [-0.39, 0.29) is 0 Å². The lowest BCUT2D eigenvalue weighted by Crippen LogP contribution is -2.29. The minimum atomic E-state index is 0.779. The van der Waals surface area contributed by atoms with Gasteiger partial charge in [0.15, 0.2) is 0 Å². The number of likely N-dealkylation sites (tertiary alicyclic amines) is 1. The van der Waals surface area contributed by atoms with Gasteiger partial charge < -0.3 is 0 Å². The number of benzene rings is 1. The van der Waals surface area contributed by atoms with E-state index in [1.165, 1.54) is 38.0 Å². The van der Waals surface area contributed by atoms with Crippen LogP contribution in [0.1, 0.15) is 25.0 Å². The second kappa shape index (κ2) is 6.04. The standard InChI is InChI=1S/C15H17ClN2S/c16-14-7-3-2-6-13(14)15-17-12(11-19-15)10-18-8-4-1-5-9-18/h2-3,6-7,11H,1,4-5,8-10H2. The van der Waals surface area contributed by atoms with Crippen LogP contribution in [0, 0.1) is 0 Å². The Kier molecular flexibility index (Phi) is 4.16. The summed E-state index contributed by atoms with van der Waals surface area (Å²) in [6.07, 6.45) is 4.02. The summed E-state index contributed by atoms with van der Waals surface area (Å²) >= 11 is 7.90. The number of rotatable bonds is 3. The molecule has 1 aliphatic rings. The van der Waals surface area contributed by atoms with Crippen molar-refractivity contribution in [3.63, 3.8) is 0 Å². The number of hydrogen-bond donors (Lipinski definition) is 0. The molecule has 2 aromatic rings. The van der Waals surface area contributed by atoms with Crippen LogP contribution in [0.4, 0.5) is 0 Å². The number of halogens is 1. The highest BCUT2D eigenvalue weighted by Crippen LogP contribution is 2.30. The molecule has 1 fully saturated rings. The molecule has 0 N–H and O–H groups in total. The van der Waals surface area contributed by atoms with Crippen molar-refractivity contribution in [2.45, 2.75) is 25.8 Å². The zero-order chi connectivity index (χ0) is 13.1. The lowest BCUT2D eigenvalue weighted by Gasteiger charge is -2.25. The Balaban J connectivity index is 1.74. The number of hydrogen-bond acceptors (Lipinski definition) is 3. The van der Waals surface area contributed by atoms with Gasteiger partial charge in [0.2, 0.25) is 0 Å². The van der Waals surface area contributed by atoms with Gasteiger partial charge in [-0.1, -0.05) is 36.2 Å². The summed E-state index contributed by atoms with van der Waals surface area (Å²) in [4.78, 5) is 7.22. The predicted octanol–water partition coefficient (Wildman–Crippen LogP) is 4.45. The molecule has 3 rings (SSSR count). The smallest absolute Gasteiger partial charge is 0.125 e. The molecule has 0 amide bonds. The third-order valence-electron chi connectivity index (χ3n) is 3.49. The third kappa shape index (κ3) is 3.16. The van der Waals surface area contributed by atoms with Crippen LogP contribution in [0.3, 0.4) is 0 Å². The molecule has 0 aliphatic carbocycles. The molecule has 4 heteroatoms. The highest BCUT2D eigenvalue weighted by molar-refractivity contribution is 7.13. The van der Waals surface area contributed by atoms with Crippen LogP contribution in [-0.2, 0) is 6.54 Å². The van der Waals surface area contributed by atoms with Gasteiger partial charge in [0.05, 0.1) is 10.7 Å². The van der Waals surface area contributed by atoms with Gasteiger partial charge in [-0.2, -0.15) is 0 Å². The van der Waals surface area contributed by atoms with Gasteiger partial charge in [0.25, 0.3) is 0 Å². The largest absolute Gasteiger partial charge is 0.297 e. The van der Waals surface area contributed by atoms with Crippen molar-refractivity contribution >= 4 is 22.9 Å². The molecule has 2 heterocycles. The van der Waals surface area contributed by atoms with Crippen molar-refractivity contribution in [1.82, 2.24) is 9.88 Å². The quantitative estimate of drug-likeness (QED) is 0.831. The van der Waals surface area contributed by atoms with E-state index in [2.05, 4.69) is 10.3 Å². The highest BCUT2D eigenvalue weighted by atomic mass is 35.5. The van der Waals surface area contributed by atoms with E-state index < -0.39 is 0 Å². The molecular formula is C15H17ClN2S. The molecule has 0 saturated carbocycles. The Morgan fingerprint density at radius 1 is 1.16 bits per heavy atom. The molecule has 1 saturated heterocycles. The molecule has 100 valence electrons. The summed E-state index contributed by atoms with van der Waals surface area (Å²) in [5, 5.41) is 3.96. The van der Waals surface area contributed by atoms with Gasteiger partial charge in [-0.15, -0.1) is 11.3 Å². The Labute approximate surface area is 123 Å². The predicted molar refractivity (Wildman–Crippen MR) is 81.7 cm³/mol. The second-order valence-corrected chi connectivity index (χ2v) is 6.23. The van der Waals surface area contributed by atoms with Crippen LogP contribution in [0.15, 0.2) is 29.6 Å². The fourth-order valence-electron chi connectivity index (χ4n) is 2.48. The van der Waals surface area contributed by atoms with Crippen molar-refractivity contribution < 1.29 is 0 Å². The van der Waals surface area contributed by atoms with Gasteiger partial charge in [0.1, 0.15) is 5.01 Å². The maximum atomic E-state index is 6.22. The molecule has 0 radical (unpaired) electrons. The summed E-state index contributed by atoms with van der Waals surface area (Å²) in [6, 6.07) is 7.91. The summed E-state index contributed by atoms with van der Waals surface area (Å²) in [6.45, 7) is 3.39. The summed E-state index contributed by atoms with van der Waals surface area (Å²) in [5.74, 6) is 0. The van der Waals surface area contributed by atoms with Crippen LogP contribution in [0.2, 0.25) is 5.02 Å². The van der Waals surface area contributed by atoms with Crippen molar-refractivity contribution in [1.29, 1.82) is 0 Å². The maximum absolute atomic E-state index is 6.22. The first kappa shape index (κ1) is 13.1. The first-order valence-electron chi connectivity index (χ1n) is 6.74. The van der Waals surface area contributed by atoms with Gasteiger partial charge >= 0.3 is 0 Å². The second-order valence-electron chi connectivity index (χ2n) is 4.96. The lowest BCUT2D eigenvalue weighted by atomic mass is 10.1. The van der Waals surface area contributed by atoms with Crippen molar-refractivity contribution in [3.8, 4) is 10.6 Å². The number of thiazole rings is 1. The van der Waals surface area contributed by atoms with Crippen LogP contribution in [0.5, 0.6) is 0 Å². The maximum Gasteiger partial charge on any atom is 0.125 e. The first-order chi connectivity index (χ1) is 9.33. The Hall–Kier alpha value is -0.900. The molecule has 19 heavy (non-hydrogen) atoms. The summed E-state index contributed by atoms with van der Waals surface area (Å²) < 4.78 is 0. The van der Waals surface area contributed by atoms with E-state index in [9.17, 15) is 0 Å². The number of nitrogens with zero attached hydrogens (tertiary/aromatic N) is 2. The fraction of sp³-hybridized carbons (Fsp3) is 0.400. The molecular weight excluding hydrogens is 276 g/mol. The summed E-state index contributed by atoms with van der Waals surface area (Å²) in [5.41, 5.74) is 2.21. The zero-order valence-electron chi connectivity index (χ0n) is 10.8. The van der Waals surface area contributed by atoms with Crippen molar-refractivity contribution in [2.24, 2.45) is 0 Å². The lowest BCUT2D eigenvalue weighted by molar-refractivity contribution is 0.219. The highest BCUT2D eigenvalue weighted by Gasteiger charge is 2.13.